The van der Waals surface area contributed by atoms with Crippen molar-refractivity contribution in [2.75, 3.05) is 4.90 Å². The number of nitrogens with zero attached hydrogens (tertiary/aromatic N) is 1. The van der Waals surface area contributed by atoms with Crippen LogP contribution in [-0.4, -0.2) is 0 Å². The average molecular weight is 776 g/mol. The minimum Gasteiger partial charge on any atom is -0.310 e. The first-order chi connectivity index (χ1) is 30.3. The van der Waals surface area contributed by atoms with Gasteiger partial charge in [0.25, 0.3) is 0 Å². The maximum absolute atomic E-state index is 2.37. The second kappa shape index (κ2) is 15.6. The van der Waals surface area contributed by atoms with Gasteiger partial charge < -0.3 is 4.90 Å². The van der Waals surface area contributed by atoms with Gasteiger partial charge in [-0.05, 0) is 113 Å². The molecule has 0 bridgehead atoms. The summed E-state index contributed by atoms with van der Waals surface area (Å²) in [6, 6.07) is 85.7. The van der Waals surface area contributed by atoms with E-state index in [1.54, 1.807) is 0 Å². The molecule has 0 amide bonds. The molecule has 11 rings (SSSR count). The quantitative estimate of drug-likeness (QED) is 0.110. The van der Waals surface area contributed by atoms with Crippen LogP contribution in [0.2, 0.25) is 0 Å². The van der Waals surface area contributed by atoms with Crippen molar-refractivity contribution in [2.45, 2.75) is 0 Å². The van der Waals surface area contributed by atoms with E-state index in [2.05, 4.69) is 254 Å². The van der Waals surface area contributed by atoms with Gasteiger partial charge in [-0.3, -0.25) is 0 Å². The second-order valence-corrected chi connectivity index (χ2v) is 15.6. The van der Waals surface area contributed by atoms with Crippen molar-refractivity contribution < 1.29 is 0 Å². The first-order valence-corrected chi connectivity index (χ1v) is 21.0. The molecular formula is C60H41N. The molecule has 0 atom stereocenters. The molecule has 0 N–H and O–H groups in total. The lowest BCUT2D eigenvalue weighted by Crippen LogP contribution is -2.10. The third kappa shape index (κ3) is 6.63. The van der Waals surface area contributed by atoms with Crippen LogP contribution in [0.4, 0.5) is 17.1 Å². The van der Waals surface area contributed by atoms with Crippen LogP contribution >= 0.6 is 0 Å². The van der Waals surface area contributed by atoms with Gasteiger partial charge in [0.05, 0.1) is 5.69 Å². The third-order valence-corrected chi connectivity index (χ3v) is 12.1. The summed E-state index contributed by atoms with van der Waals surface area (Å²) in [5.41, 5.74) is 13.2. The van der Waals surface area contributed by atoms with E-state index in [4.69, 9.17) is 0 Å². The molecule has 0 fully saturated rings. The fourth-order valence-electron chi connectivity index (χ4n) is 9.22. The topological polar surface area (TPSA) is 3.24 Å². The lowest BCUT2D eigenvalue weighted by molar-refractivity contribution is 1.30. The zero-order chi connectivity index (χ0) is 40.5. The lowest BCUT2D eigenvalue weighted by atomic mass is 9.86. The average Bonchev–Trinajstić information content (AvgIpc) is 3.34. The summed E-state index contributed by atoms with van der Waals surface area (Å²) in [6.07, 6.45) is 4.48. The van der Waals surface area contributed by atoms with Crippen LogP contribution in [0, 0.1) is 0 Å². The van der Waals surface area contributed by atoms with E-state index in [1.165, 1.54) is 87.6 Å². The zero-order valence-corrected chi connectivity index (χ0v) is 33.6. The highest BCUT2D eigenvalue weighted by Gasteiger charge is 2.19. The molecule has 0 heterocycles. The van der Waals surface area contributed by atoms with Gasteiger partial charge >= 0.3 is 0 Å². The normalized spacial score (nSPS) is 11.5. The van der Waals surface area contributed by atoms with Gasteiger partial charge in [-0.2, -0.15) is 0 Å². The molecule has 0 aliphatic heterocycles. The molecule has 61 heavy (non-hydrogen) atoms. The summed E-state index contributed by atoms with van der Waals surface area (Å²) in [7, 11) is 0. The van der Waals surface area contributed by atoms with Crippen molar-refractivity contribution >= 4 is 72.3 Å². The van der Waals surface area contributed by atoms with E-state index >= 15 is 0 Å². The number of hydrogen-bond acceptors (Lipinski definition) is 1. The number of benzene rings is 11. The molecule has 0 aliphatic rings. The van der Waals surface area contributed by atoms with Gasteiger partial charge in [-0.15, -0.1) is 0 Å². The highest BCUT2D eigenvalue weighted by molar-refractivity contribution is 6.21. The summed E-state index contributed by atoms with van der Waals surface area (Å²) < 4.78 is 0. The van der Waals surface area contributed by atoms with Crippen molar-refractivity contribution in [2.24, 2.45) is 0 Å². The van der Waals surface area contributed by atoms with Crippen LogP contribution in [0.1, 0.15) is 11.1 Å². The molecule has 0 saturated heterocycles. The standard InChI is InChI=1S/C60H41N/c1-3-16-43(17-4-1)51-41-38-45(50-22-9-10-24-53(50)51)33-30-42-31-34-46(35-32-42)59-54-25-11-13-27-56(54)60(57-28-14-12-26-55(57)59)47-36-39-49(40-37-47)61(48-20-5-2-6-21-48)58-29-15-19-44-18-7-8-23-52(44)58/h1-41H. The van der Waals surface area contributed by atoms with Crippen molar-refractivity contribution in [3.8, 4) is 33.4 Å². The van der Waals surface area contributed by atoms with Crippen molar-refractivity contribution in [3.63, 3.8) is 0 Å². The van der Waals surface area contributed by atoms with Gasteiger partial charge in [-0.1, -0.05) is 218 Å². The van der Waals surface area contributed by atoms with Crippen LogP contribution in [0.5, 0.6) is 0 Å². The molecule has 286 valence electrons. The molecular weight excluding hydrogens is 735 g/mol. The Morgan fingerprint density at radius 3 is 1.38 bits per heavy atom. The third-order valence-electron chi connectivity index (χ3n) is 12.1. The second-order valence-electron chi connectivity index (χ2n) is 15.6. The van der Waals surface area contributed by atoms with E-state index in [0.717, 1.165) is 17.1 Å². The molecule has 11 aromatic carbocycles. The highest BCUT2D eigenvalue weighted by atomic mass is 15.1. The highest BCUT2D eigenvalue weighted by Crippen LogP contribution is 2.45. The monoisotopic (exact) mass is 775 g/mol. The Morgan fingerprint density at radius 2 is 0.754 bits per heavy atom. The van der Waals surface area contributed by atoms with E-state index in [9.17, 15) is 0 Å². The Bertz CT molecular complexity index is 3320. The molecule has 0 saturated carbocycles. The minimum atomic E-state index is 1.11. The van der Waals surface area contributed by atoms with Crippen LogP contribution < -0.4 is 4.90 Å². The van der Waals surface area contributed by atoms with Crippen molar-refractivity contribution in [1.29, 1.82) is 0 Å². The molecule has 11 aromatic rings. The summed E-state index contributed by atoms with van der Waals surface area (Å²) in [5, 5.41) is 9.94. The largest absolute Gasteiger partial charge is 0.310 e. The fourth-order valence-corrected chi connectivity index (χ4v) is 9.22. The Morgan fingerprint density at radius 1 is 0.279 bits per heavy atom. The first-order valence-electron chi connectivity index (χ1n) is 21.0. The van der Waals surface area contributed by atoms with E-state index in [1.807, 2.05) is 0 Å². The number of anilines is 3. The summed E-state index contributed by atoms with van der Waals surface area (Å²) >= 11 is 0. The Hall–Kier alpha value is -8.00. The summed E-state index contributed by atoms with van der Waals surface area (Å²) in [6.45, 7) is 0. The van der Waals surface area contributed by atoms with Gasteiger partial charge in [0.1, 0.15) is 0 Å². The van der Waals surface area contributed by atoms with Gasteiger partial charge in [0.2, 0.25) is 0 Å². The van der Waals surface area contributed by atoms with Crippen molar-refractivity contribution in [3.05, 3.63) is 248 Å². The Labute approximate surface area is 356 Å². The lowest BCUT2D eigenvalue weighted by Gasteiger charge is -2.27. The summed E-state index contributed by atoms with van der Waals surface area (Å²) in [5.74, 6) is 0. The van der Waals surface area contributed by atoms with Crippen LogP contribution in [0.3, 0.4) is 0 Å². The molecule has 0 aromatic heterocycles. The molecule has 0 unspecified atom stereocenters. The SMILES string of the molecule is C(=Cc1ccc(-c2ccccc2)c2ccccc12)c1ccc(-c2c3ccccc3c(-c3ccc(N(c4ccccc4)c4cccc5ccccc45)cc3)c3ccccc23)cc1. The first kappa shape index (κ1) is 36.1. The predicted octanol–water partition coefficient (Wildman–Crippen LogP) is 16.9. The smallest absolute Gasteiger partial charge is 0.0540 e. The molecule has 0 spiro atoms. The number of hydrogen-bond donors (Lipinski definition) is 0. The van der Waals surface area contributed by atoms with Gasteiger partial charge in [0, 0.05) is 16.8 Å². The zero-order valence-electron chi connectivity index (χ0n) is 33.6. The van der Waals surface area contributed by atoms with Gasteiger partial charge in [0.15, 0.2) is 0 Å². The molecule has 1 heteroatoms. The van der Waals surface area contributed by atoms with E-state index in [0.29, 0.717) is 0 Å². The minimum absolute atomic E-state index is 1.11. The van der Waals surface area contributed by atoms with Crippen LogP contribution in [0.25, 0.3) is 88.6 Å². The molecule has 1 nitrogen and oxygen atoms in total. The van der Waals surface area contributed by atoms with E-state index < -0.39 is 0 Å². The molecule has 0 aliphatic carbocycles. The number of para-hydroxylation sites is 1. The maximum Gasteiger partial charge on any atom is 0.0540 e. The molecule has 0 radical (unpaired) electrons. The van der Waals surface area contributed by atoms with Crippen LogP contribution in [-0.2, 0) is 0 Å². The van der Waals surface area contributed by atoms with Crippen molar-refractivity contribution in [1.82, 2.24) is 0 Å². The maximum atomic E-state index is 2.37. The Balaban J connectivity index is 0.968. The summed E-state index contributed by atoms with van der Waals surface area (Å²) in [4.78, 5) is 2.37. The van der Waals surface area contributed by atoms with Gasteiger partial charge in [-0.25, -0.2) is 0 Å². The fraction of sp³-hybridized carbons (Fsp3) is 0. The Kier molecular flexibility index (Phi) is 9.26. The van der Waals surface area contributed by atoms with E-state index in [-0.39, 0.29) is 0 Å². The number of fused-ring (bicyclic) bond motifs is 4. The van der Waals surface area contributed by atoms with Crippen LogP contribution in [0.15, 0.2) is 237 Å². The number of rotatable bonds is 8. The predicted molar refractivity (Wildman–Crippen MR) is 263 cm³/mol.